The standard InChI is InChI=1S/C16H25NO2/c1-6-17(7-2)9-8-15(18)14-10-12(3)13(4)11-16(14)19-5/h10-11H,6-9H2,1-5H3. The number of aryl methyl sites for hydroxylation is 2. The van der Waals surface area contributed by atoms with Crippen molar-refractivity contribution in [2.24, 2.45) is 0 Å². The van der Waals surface area contributed by atoms with Crippen molar-refractivity contribution in [1.29, 1.82) is 0 Å². The molecular weight excluding hydrogens is 238 g/mol. The first kappa shape index (κ1) is 15.7. The van der Waals surface area contributed by atoms with Crippen LogP contribution in [-0.4, -0.2) is 37.4 Å². The Bertz CT molecular complexity index is 437. The summed E-state index contributed by atoms with van der Waals surface area (Å²) in [7, 11) is 1.62. The number of benzene rings is 1. The van der Waals surface area contributed by atoms with Gasteiger partial charge in [-0.3, -0.25) is 4.79 Å². The summed E-state index contributed by atoms with van der Waals surface area (Å²) in [5.74, 6) is 0.847. The monoisotopic (exact) mass is 263 g/mol. The predicted molar refractivity (Wildman–Crippen MR) is 79.2 cm³/mol. The highest BCUT2D eigenvalue weighted by Crippen LogP contribution is 2.24. The lowest BCUT2D eigenvalue weighted by molar-refractivity contribution is 0.0963. The Balaban J connectivity index is 2.84. The average molecular weight is 263 g/mol. The van der Waals surface area contributed by atoms with Crippen molar-refractivity contribution < 1.29 is 9.53 Å². The van der Waals surface area contributed by atoms with Crippen molar-refractivity contribution in [2.45, 2.75) is 34.1 Å². The minimum absolute atomic E-state index is 0.159. The first-order chi connectivity index (χ1) is 9.03. The number of carbonyl (C=O) groups is 1. The second kappa shape index (κ2) is 7.29. The third-order valence-corrected chi connectivity index (χ3v) is 3.67. The third-order valence-electron chi connectivity index (χ3n) is 3.67. The normalized spacial score (nSPS) is 10.8. The number of hydrogen-bond acceptors (Lipinski definition) is 3. The molecule has 3 heteroatoms. The van der Waals surface area contributed by atoms with E-state index in [-0.39, 0.29) is 5.78 Å². The van der Waals surface area contributed by atoms with Crippen LogP contribution in [0.15, 0.2) is 12.1 Å². The van der Waals surface area contributed by atoms with Gasteiger partial charge in [-0.2, -0.15) is 0 Å². The molecule has 0 aliphatic carbocycles. The lowest BCUT2D eigenvalue weighted by atomic mass is 10.0. The Morgan fingerprint density at radius 3 is 2.26 bits per heavy atom. The fourth-order valence-corrected chi connectivity index (χ4v) is 2.11. The first-order valence-electron chi connectivity index (χ1n) is 6.94. The molecule has 0 saturated carbocycles. The summed E-state index contributed by atoms with van der Waals surface area (Å²) in [6.07, 6.45) is 0.542. The van der Waals surface area contributed by atoms with Crippen LogP contribution in [0.1, 0.15) is 41.8 Å². The van der Waals surface area contributed by atoms with Gasteiger partial charge in [0.1, 0.15) is 5.75 Å². The number of rotatable bonds is 7. The topological polar surface area (TPSA) is 29.5 Å². The van der Waals surface area contributed by atoms with Gasteiger partial charge in [0.15, 0.2) is 5.78 Å². The molecule has 0 saturated heterocycles. The Kier molecular flexibility index (Phi) is 6.03. The van der Waals surface area contributed by atoms with E-state index in [1.165, 1.54) is 0 Å². The van der Waals surface area contributed by atoms with Crippen LogP contribution in [0.4, 0.5) is 0 Å². The summed E-state index contributed by atoms with van der Waals surface area (Å²) < 4.78 is 5.33. The first-order valence-corrected chi connectivity index (χ1v) is 6.94. The number of Topliss-reactive ketones (excluding diaryl/α,β-unsaturated/α-hetero) is 1. The zero-order chi connectivity index (χ0) is 14.4. The minimum Gasteiger partial charge on any atom is -0.496 e. The predicted octanol–water partition coefficient (Wildman–Crippen LogP) is 3.23. The molecule has 0 radical (unpaired) electrons. The number of methoxy groups -OCH3 is 1. The van der Waals surface area contributed by atoms with Crippen molar-refractivity contribution >= 4 is 5.78 Å². The molecule has 1 rings (SSSR count). The molecule has 0 aromatic heterocycles. The van der Waals surface area contributed by atoms with E-state index < -0.39 is 0 Å². The lowest BCUT2D eigenvalue weighted by Gasteiger charge is -2.18. The van der Waals surface area contributed by atoms with Gasteiger partial charge in [0.25, 0.3) is 0 Å². The van der Waals surface area contributed by atoms with E-state index in [1.54, 1.807) is 7.11 Å². The molecule has 0 fully saturated rings. The number of nitrogens with zero attached hydrogens (tertiary/aromatic N) is 1. The molecule has 1 aromatic rings. The summed E-state index contributed by atoms with van der Waals surface area (Å²) in [6, 6.07) is 3.89. The summed E-state index contributed by atoms with van der Waals surface area (Å²) in [5, 5.41) is 0. The number of ketones is 1. The Labute approximate surface area is 116 Å². The quantitative estimate of drug-likeness (QED) is 0.707. The van der Waals surface area contributed by atoms with Crippen LogP contribution in [0.2, 0.25) is 0 Å². The molecule has 0 unspecified atom stereocenters. The molecule has 0 bridgehead atoms. The highest BCUT2D eigenvalue weighted by Gasteiger charge is 2.14. The van der Waals surface area contributed by atoms with Gasteiger partial charge in [-0.25, -0.2) is 0 Å². The molecule has 0 spiro atoms. The maximum atomic E-state index is 12.3. The molecule has 19 heavy (non-hydrogen) atoms. The van der Waals surface area contributed by atoms with Gasteiger partial charge in [0.2, 0.25) is 0 Å². The Morgan fingerprint density at radius 1 is 1.16 bits per heavy atom. The molecule has 0 aliphatic rings. The largest absolute Gasteiger partial charge is 0.496 e. The van der Waals surface area contributed by atoms with Gasteiger partial charge < -0.3 is 9.64 Å². The van der Waals surface area contributed by atoms with Gasteiger partial charge in [-0.15, -0.1) is 0 Å². The lowest BCUT2D eigenvalue weighted by Crippen LogP contribution is -2.25. The molecule has 106 valence electrons. The molecule has 0 heterocycles. The maximum absolute atomic E-state index is 12.3. The SMILES string of the molecule is CCN(CC)CCC(=O)c1cc(C)c(C)cc1OC. The van der Waals surface area contributed by atoms with E-state index in [0.29, 0.717) is 17.7 Å². The molecule has 0 amide bonds. The van der Waals surface area contributed by atoms with Crippen molar-refractivity contribution in [2.75, 3.05) is 26.7 Å². The number of ether oxygens (including phenoxy) is 1. The minimum atomic E-state index is 0.159. The molecule has 0 atom stereocenters. The van der Waals surface area contributed by atoms with E-state index in [4.69, 9.17) is 4.74 Å². The van der Waals surface area contributed by atoms with Crippen molar-refractivity contribution in [3.63, 3.8) is 0 Å². The fraction of sp³-hybridized carbons (Fsp3) is 0.562. The highest BCUT2D eigenvalue weighted by molar-refractivity contribution is 5.99. The summed E-state index contributed by atoms with van der Waals surface area (Å²) >= 11 is 0. The van der Waals surface area contributed by atoms with Gasteiger partial charge in [-0.1, -0.05) is 13.8 Å². The van der Waals surface area contributed by atoms with Gasteiger partial charge >= 0.3 is 0 Å². The zero-order valence-corrected chi connectivity index (χ0v) is 12.7. The van der Waals surface area contributed by atoms with E-state index in [0.717, 1.165) is 30.8 Å². The molecule has 1 aromatic carbocycles. The van der Waals surface area contributed by atoms with Crippen LogP contribution >= 0.6 is 0 Å². The summed E-state index contributed by atoms with van der Waals surface area (Å²) in [5.41, 5.74) is 2.99. The number of hydrogen-bond donors (Lipinski definition) is 0. The Morgan fingerprint density at radius 2 is 1.74 bits per heavy atom. The van der Waals surface area contributed by atoms with E-state index in [2.05, 4.69) is 18.7 Å². The van der Waals surface area contributed by atoms with Crippen LogP contribution in [0.5, 0.6) is 5.75 Å². The van der Waals surface area contributed by atoms with Gasteiger partial charge in [0, 0.05) is 13.0 Å². The number of carbonyl (C=O) groups excluding carboxylic acids is 1. The van der Waals surface area contributed by atoms with Crippen LogP contribution in [0.25, 0.3) is 0 Å². The van der Waals surface area contributed by atoms with Crippen molar-refractivity contribution in [3.8, 4) is 5.75 Å². The van der Waals surface area contributed by atoms with Crippen LogP contribution in [-0.2, 0) is 0 Å². The van der Waals surface area contributed by atoms with Gasteiger partial charge in [-0.05, 0) is 50.2 Å². The third kappa shape index (κ3) is 4.06. The van der Waals surface area contributed by atoms with Crippen LogP contribution < -0.4 is 4.74 Å². The summed E-state index contributed by atoms with van der Waals surface area (Å²) in [4.78, 5) is 14.6. The van der Waals surface area contributed by atoms with Crippen molar-refractivity contribution in [3.05, 3.63) is 28.8 Å². The van der Waals surface area contributed by atoms with Crippen LogP contribution in [0, 0.1) is 13.8 Å². The Hall–Kier alpha value is -1.35. The maximum Gasteiger partial charge on any atom is 0.167 e. The molecule has 0 N–H and O–H groups in total. The average Bonchev–Trinajstić information content (AvgIpc) is 2.42. The smallest absolute Gasteiger partial charge is 0.167 e. The second-order valence-electron chi connectivity index (χ2n) is 4.84. The summed E-state index contributed by atoms with van der Waals surface area (Å²) in [6.45, 7) is 11.1. The molecular formula is C16H25NO2. The fourth-order valence-electron chi connectivity index (χ4n) is 2.11. The second-order valence-corrected chi connectivity index (χ2v) is 4.84. The van der Waals surface area contributed by atoms with E-state index in [9.17, 15) is 4.79 Å². The molecule has 3 nitrogen and oxygen atoms in total. The van der Waals surface area contributed by atoms with Crippen LogP contribution in [0.3, 0.4) is 0 Å². The molecule has 0 aliphatic heterocycles. The highest BCUT2D eigenvalue weighted by atomic mass is 16.5. The zero-order valence-electron chi connectivity index (χ0n) is 12.7. The van der Waals surface area contributed by atoms with Gasteiger partial charge in [0.05, 0.1) is 12.7 Å². The van der Waals surface area contributed by atoms with E-state index in [1.807, 2.05) is 26.0 Å². The van der Waals surface area contributed by atoms with Crippen molar-refractivity contribution in [1.82, 2.24) is 4.90 Å². The van der Waals surface area contributed by atoms with E-state index >= 15 is 0 Å².